The van der Waals surface area contributed by atoms with Crippen LogP contribution in [0.25, 0.3) is 0 Å². The summed E-state index contributed by atoms with van der Waals surface area (Å²) in [4.78, 5) is 24.6. The number of likely N-dealkylation sites (N-methyl/N-ethyl adjacent to an activating group) is 1. The zero-order valence-electron chi connectivity index (χ0n) is 9.08. The van der Waals surface area contributed by atoms with Crippen molar-refractivity contribution in [1.82, 2.24) is 15.5 Å². The lowest BCUT2D eigenvalue weighted by Crippen LogP contribution is -2.57. The number of carbonyl (C=O) groups is 2. The molecule has 0 aromatic rings. The Balaban J connectivity index is 2.65. The Kier molecular flexibility index (Phi) is 4.36. The summed E-state index contributed by atoms with van der Waals surface area (Å²) in [6, 6.07) is -0.756. The average Bonchev–Trinajstić information content (AvgIpc) is 2.28. The third-order valence-corrected chi connectivity index (χ3v) is 2.26. The SMILES string of the molecule is CCNC(=O)C1COCCN1C(=O)NC. The molecule has 1 atom stereocenters. The molecule has 0 spiro atoms. The minimum atomic E-state index is -0.515. The number of nitrogens with zero attached hydrogens (tertiary/aromatic N) is 1. The fourth-order valence-corrected chi connectivity index (χ4v) is 1.50. The van der Waals surface area contributed by atoms with Crippen LogP contribution < -0.4 is 10.6 Å². The quantitative estimate of drug-likeness (QED) is 0.631. The molecule has 1 heterocycles. The standard InChI is InChI=1S/C9H17N3O3/c1-3-11-8(13)7-6-15-5-4-12(7)9(14)10-2/h7H,3-6H2,1-2H3,(H,10,14)(H,11,13). The average molecular weight is 215 g/mol. The molecule has 3 amide bonds. The fraction of sp³-hybridized carbons (Fsp3) is 0.778. The van der Waals surface area contributed by atoms with Crippen molar-refractivity contribution in [2.24, 2.45) is 0 Å². The van der Waals surface area contributed by atoms with Crippen LogP contribution in [0.1, 0.15) is 6.92 Å². The molecule has 15 heavy (non-hydrogen) atoms. The number of morpholine rings is 1. The molecule has 1 unspecified atom stereocenters. The smallest absolute Gasteiger partial charge is 0.317 e. The maximum absolute atomic E-state index is 11.6. The summed E-state index contributed by atoms with van der Waals surface area (Å²) in [7, 11) is 1.55. The molecular formula is C9H17N3O3. The minimum Gasteiger partial charge on any atom is -0.377 e. The van der Waals surface area contributed by atoms with E-state index in [1.165, 1.54) is 4.90 Å². The van der Waals surface area contributed by atoms with E-state index >= 15 is 0 Å². The normalized spacial score (nSPS) is 20.9. The van der Waals surface area contributed by atoms with Crippen molar-refractivity contribution in [3.8, 4) is 0 Å². The summed E-state index contributed by atoms with van der Waals surface area (Å²) in [6.07, 6.45) is 0. The monoisotopic (exact) mass is 215 g/mol. The van der Waals surface area contributed by atoms with E-state index in [0.717, 1.165) is 0 Å². The van der Waals surface area contributed by atoms with E-state index in [2.05, 4.69) is 10.6 Å². The first kappa shape index (κ1) is 11.8. The van der Waals surface area contributed by atoms with Gasteiger partial charge in [0.05, 0.1) is 13.2 Å². The van der Waals surface area contributed by atoms with Gasteiger partial charge in [-0.3, -0.25) is 4.79 Å². The van der Waals surface area contributed by atoms with Crippen molar-refractivity contribution in [1.29, 1.82) is 0 Å². The minimum absolute atomic E-state index is 0.166. The van der Waals surface area contributed by atoms with Crippen LogP contribution in [0.2, 0.25) is 0 Å². The van der Waals surface area contributed by atoms with Crippen LogP contribution >= 0.6 is 0 Å². The molecule has 0 saturated carbocycles. The Morgan fingerprint density at radius 1 is 1.53 bits per heavy atom. The van der Waals surface area contributed by atoms with E-state index < -0.39 is 6.04 Å². The molecule has 0 aliphatic carbocycles. The molecule has 0 aromatic heterocycles. The van der Waals surface area contributed by atoms with Crippen LogP contribution in [0.5, 0.6) is 0 Å². The van der Waals surface area contributed by atoms with Gasteiger partial charge >= 0.3 is 6.03 Å². The number of hydrogen-bond acceptors (Lipinski definition) is 3. The Labute approximate surface area is 88.9 Å². The Hall–Kier alpha value is -1.30. The highest BCUT2D eigenvalue weighted by Crippen LogP contribution is 2.07. The highest BCUT2D eigenvalue weighted by Gasteiger charge is 2.31. The number of rotatable bonds is 2. The van der Waals surface area contributed by atoms with Crippen LogP contribution in [-0.2, 0) is 9.53 Å². The number of carbonyl (C=O) groups excluding carboxylic acids is 2. The van der Waals surface area contributed by atoms with E-state index in [4.69, 9.17) is 4.74 Å². The molecule has 6 nitrogen and oxygen atoms in total. The summed E-state index contributed by atoms with van der Waals surface area (Å²) >= 11 is 0. The number of nitrogens with one attached hydrogen (secondary N) is 2. The molecule has 1 saturated heterocycles. The van der Waals surface area contributed by atoms with E-state index in [1.807, 2.05) is 6.92 Å². The van der Waals surface area contributed by atoms with E-state index in [9.17, 15) is 9.59 Å². The summed E-state index contributed by atoms with van der Waals surface area (Å²) in [5.74, 6) is -0.166. The van der Waals surface area contributed by atoms with Gasteiger partial charge in [-0.25, -0.2) is 4.79 Å². The molecule has 1 aliphatic rings. The molecule has 6 heteroatoms. The molecule has 86 valence electrons. The van der Waals surface area contributed by atoms with E-state index in [-0.39, 0.29) is 18.5 Å². The second-order valence-electron chi connectivity index (χ2n) is 3.23. The number of ether oxygens (including phenoxy) is 1. The number of urea groups is 1. The zero-order valence-corrected chi connectivity index (χ0v) is 9.08. The summed E-state index contributed by atoms with van der Waals surface area (Å²) in [5, 5.41) is 5.20. The second kappa shape index (κ2) is 5.55. The van der Waals surface area contributed by atoms with Gasteiger partial charge < -0.3 is 20.3 Å². The van der Waals surface area contributed by atoms with Crippen molar-refractivity contribution < 1.29 is 14.3 Å². The van der Waals surface area contributed by atoms with Crippen molar-refractivity contribution in [3.05, 3.63) is 0 Å². The topological polar surface area (TPSA) is 70.7 Å². The van der Waals surface area contributed by atoms with Gasteiger partial charge in [0.15, 0.2) is 0 Å². The molecule has 1 fully saturated rings. The summed E-state index contributed by atoms with van der Waals surface area (Å²) in [6.45, 7) is 3.58. The first-order valence-electron chi connectivity index (χ1n) is 5.04. The second-order valence-corrected chi connectivity index (χ2v) is 3.23. The molecule has 0 aromatic carbocycles. The highest BCUT2D eigenvalue weighted by atomic mass is 16.5. The molecular weight excluding hydrogens is 198 g/mol. The molecule has 2 N–H and O–H groups in total. The fourth-order valence-electron chi connectivity index (χ4n) is 1.50. The predicted molar refractivity (Wildman–Crippen MR) is 54.5 cm³/mol. The molecule has 0 bridgehead atoms. The van der Waals surface area contributed by atoms with Crippen molar-refractivity contribution >= 4 is 11.9 Å². The Bertz CT molecular complexity index is 245. The first-order valence-corrected chi connectivity index (χ1v) is 5.04. The molecule has 1 aliphatic heterocycles. The summed E-state index contributed by atoms with van der Waals surface area (Å²) < 4.78 is 5.19. The van der Waals surface area contributed by atoms with Gasteiger partial charge in [0.25, 0.3) is 0 Å². The van der Waals surface area contributed by atoms with Gasteiger partial charge in [0.1, 0.15) is 6.04 Å². The van der Waals surface area contributed by atoms with Crippen LogP contribution in [0.3, 0.4) is 0 Å². The van der Waals surface area contributed by atoms with Crippen LogP contribution in [0.4, 0.5) is 4.79 Å². The molecule has 0 radical (unpaired) electrons. The maximum atomic E-state index is 11.6. The number of amides is 3. The van der Waals surface area contributed by atoms with E-state index in [0.29, 0.717) is 19.7 Å². The zero-order chi connectivity index (χ0) is 11.3. The van der Waals surface area contributed by atoms with Gasteiger partial charge in [-0.2, -0.15) is 0 Å². The van der Waals surface area contributed by atoms with Gasteiger partial charge in [-0.15, -0.1) is 0 Å². The Morgan fingerprint density at radius 2 is 2.27 bits per heavy atom. The van der Waals surface area contributed by atoms with Gasteiger partial charge in [-0.1, -0.05) is 0 Å². The predicted octanol–water partition coefficient (Wildman–Crippen LogP) is -0.837. The van der Waals surface area contributed by atoms with Crippen molar-refractivity contribution in [2.75, 3.05) is 33.4 Å². The summed E-state index contributed by atoms with van der Waals surface area (Å²) in [5.41, 5.74) is 0. The van der Waals surface area contributed by atoms with Crippen LogP contribution in [-0.4, -0.2) is 56.2 Å². The first-order chi connectivity index (χ1) is 7.20. The van der Waals surface area contributed by atoms with Crippen molar-refractivity contribution in [3.63, 3.8) is 0 Å². The van der Waals surface area contributed by atoms with E-state index in [1.54, 1.807) is 7.05 Å². The molecule has 1 rings (SSSR count). The Morgan fingerprint density at radius 3 is 2.87 bits per heavy atom. The highest BCUT2D eigenvalue weighted by molar-refractivity contribution is 5.87. The lowest BCUT2D eigenvalue weighted by atomic mass is 10.2. The van der Waals surface area contributed by atoms with Crippen LogP contribution in [0.15, 0.2) is 0 Å². The largest absolute Gasteiger partial charge is 0.377 e. The van der Waals surface area contributed by atoms with Gasteiger partial charge in [0, 0.05) is 20.1 Å². The van der Waals surface area contributed by atoms with Gasteiger partial charge in [0.2, 0.25) is 5.91 Å². The third kappa shape index (κ3) is 2.82. The van der Waals surface area contributed by atoms with Crippen LogP contribution in [0, 0.1) is 0 Å². The maximum Gasteiger partial charge on any atom is 0.317 e. The number of hydrogen-bond donors (Lipinski definition) is 2. The third-order valence-electron chi connectivity index (χ3n) is 2.26. The van der Waals surface area contributed by atoms with Crippen molar-refractivity contribution in [2.45, 2.75) is 13.0 Å². The lowest BCUT2D eigenvalue weighted by Gasteiger charge is -2.33. The van der Waals surface area contributed by atoms with Gasteiger partial charge in [-0.05, 0) is 6.92 Å². The lowest BCUT2D eigenvalue weighted by molar-refractivity contribution is -0.130.